The number of nitrogens with one attached hydrogen (secondary N) is 1. The number of halogens is 1. The third-order valence-electron chi connectivity index (χ3n) is 1.17. The van der Waals surface area contributed by atoms with E-state index in [1.807, 2.05) is 0 Å². The quantitative estimate of drug-likeness (QED) is 0.580. The first-order valence-electron chi connectivity index (χ1n) is 3.31. The predicted molar refractivity (Wildman–Crippen MR) is 37.3 cm³/mol. The van der Waals surface area contributed by atoms with Crippen molar-refractivity contribution >= 4 is 5.91 Å². The molecule has 0 aromatic carbocycles. The molecule has 0 aliphatic carbocycles. The summed E-state index contributed by atoms with van der Waals surface area (Å²) in [5.41, 5.74) is 5.32. The van der Waals surface area contributed by atoms with Crippen LogP contribution in [-0.4, -0.2) is 25.2 Å². The molecule has 0 fully saturated rings. The predicted octanol–water partition coefficient (Wildman–Crippen LogP) is -0.191. The number of hydrogen-bond donors (Lipinski definition) is 2. The Bertz CT molecular complexity index is 108. The van der Waals surface area contributed by atoms with E-state index in [4.69, 9.17) is 5.73 Å². The summed E-state index contributed by atoms with van der Waals surface area (Å²) >= 11 is 0. The summed E-state index contributed by atoms with van der Waals surface area (Å²) in [5.74, 6) is -0.278. The smallest absolute Gasteiger partial charge is 0.236 e. The fraction of sp³-hybridized carbons (Fsp3) is 0.833. The van der Waals surface area contributed by atoms with Crippen molar-refractivity contribution in [3.63, 3.8) is 0 Å². The average Bonchev–Trinajstić information content (AvgIpc) is 1.98. The summed E-state index contributed by atoms with van der Waals surface area (Å²) in [6, 6.07) is -0.494. The molecule has 0 heterocycles. The van der Waals surface area contributed by atoms with Gasteiger partial charge in [0, 0.05) is 6.54 Å². The van der Waals surface area contributed by atoms with E-state index < -0.39 is 12.7 Å². The van der Waals surface area contributed by atoms with Gasteiger partial charge in [-0.25, -0.2) is 4.39 Å². The Balaban J connectivity index is 3.42. The average molecular weight is 148 g/mol. The standard InChI is InChI=1S/C6H13FN2O/c1-2-5(8)6(10)9-4-3-7/h5H,2-4,8H2,1H3,(H,9,10)/t5-/m0/s1. The van der Waals surface area contributed by atoms with Crippen molar-refractivity contribution in [1.82, 2.24) is 5.32 Å². The maximum atomic E-state index is 11.5. The number of carbonyl (C=O) groups excluding carboxylic acids is 1. The molecule has 10 heavy (non-hydrogen) atoms. The fourth-order valence-corrected chi connectivity index (χ4v) is 0.487. The number of alkyl halides is 1. The van der Waals surface area contributed by atoms with Gasteiger partial charge in [-0.15, -0.1) is 0 Å². The number of hydrogen-bond acceptors (Lipinski definition) is 2. The third kappa shape index (κ3) is 3.40. The monoisotopic (exact) mass is 148 g/mol. The molecule has 3 N–H and O–H groups in total. The normalized spacial score (nSPS) is 12.7. The summed E-state index contributed by atoms with van der Waals surface area (Å²) in [5, 5.41) is 2.34. The van der Waals surface area contributed by atoms with Gasteiger partial charge in [0.15, 0.2) is 0 Å². The van der Waals surface area contributed by atoms with Gasteiger partial charge in [0.05, 0.1) is 6.04 Å². The minimum atomic E-state index is -0.540. The molecule has 0 aromatic heterocycles. The number of carbonyl (C=O) groups is 1. The molecule has 0 rings (SSSR count). The van der Waals surface area contributed by atoms with Crippen LogP contribution in [0.15, 0.2) is 0 Å². The zero-order valence-corrected chi connectivity index (χ0v) is 6.06. The van der Waals surface area contributed by atoms with Crippen molar-refractivity contribution in [3.05, 3.63) is 0 Å². The third-order valence-corrected chi connectivity index (χ3v) is 1.17. The SMILES string of the molecule is CC[C@H](N)C(=O)NCCF. The zero-order chi connectivity index (χ0) is 7.98. The van der Waals surface area contributed by atoms with E-state index in [1.165, 1.54) is 0 Å². The van der Waals surface area contributed by atoms with Gasteiger partial charge in [-0.1, -0.05) is 6.92 Å². The van der Waals surface area contributed by atoms with Crippen molar-refractivity contribution in [2.45, 2.75) is 19.4 Å². The zero-order valence-electron chi connectivity index (χ0n) is 6.06. The molecule has 0 radical (unpaired) electrons. The van der Waals surface area contributed by atoms with Crippen molar-refractivity contribution in [3.8, 4) is 0 Å². The maximum Gasteiger partial charge on any atom is 0.236 e. The van der Waals surface area contributed by atoms with Gasteiger partial charge < -0.3 is 11.1 Å². The molecule has 0 unspecified atom stereocenters. The molecule has 4 heteroatoms. The van der Waals surface area contributed by atoms with Crippen LogP contribution in [0.25, 0.3) is 0 Å². The number of rotatable bonds is 4. The second kappa shape index (κ2) is 5.17. The van der Waals surface area contributed by atoms with Crippen molar-refractivity contribution in [2.75, 3.05) is 13.2 Å². The summed E-state index contributed by atoms with van der Waals surface area (Å²) in [4.78, 5) is 10.7. The van der Waals surface area contributed by atoms with Crippen LogP contribution in [0.2, 0.25) is 0 Å². The topological polar surface area (TPSA) is 55.1 Å². The van der Waals surface area contributed by atoms with Gasteiger partial charge in [-0.05, 0) is 6.42 Å². The lowest BCUT2D eigenvalue weighted by atomic mass is 10.2. The highest BCUT2D eigenvalue weighted by atomic mass is 19.1. The molecule has 60 valence electrons. The fourth-order valence-electron chi connectivity index (χ4n) is 0.487. The lowest BCUT2D eigenvalue weighted by Gasteiger charge is -2.07. The Labute approximate surface area is 59.8 Å². The molecule has 0 aliphatic rings. The van der Waals surface area contributed by atoms with Gasteiger partial charge >= 0.3 is 0 Å². The first-order valence-corrected chi connectivity index (χ1v) is 3.31. The van der Waals surface area contributed by atoms with E-state index in [0.717, 1.165) is 0 Å². The minimum absolute atomic E-state index is 0.0620. The molecule has 0 saturated heterocycles. The van der Waals surface area contributed by atoms with Crippen molar-refractivity contribution < 1.29 is 9.18 Å². The summed E-state index contributed by atoms with van der Waals surface area (Å²) in [6.45, 7) is 1.33. The Kier molecular flexibility index (Phi) is 4.84. The highest BCUT2D eigenvalue weighted by molar-refractivity contribution is 5.81. The number of nitrogens with two attached hydrogens (primary N) is 1. The van der Waals surface area contributed by atoms with Crippen LogP contribution in [0.3, 0.4) is 0 Å². The van der Waals surface area contributed by atoms with Crippen LogP contribution in [-0.2, 0) is 4.79 Å². The molecule has 0 aromatic rings. The van der Waals surface area contributed by atoms with Crippen LogP contribution in [0, 0.1) is 0 Å². The summed E-state index contributed by atoms with van der Waals surface area (Å²) in [6.07, 6.45) is 0.581. The molecule has 1 atom stereocenters. The van der Waals surface area contributed by atoms with Gasteiger partial charge in [0.25, 0.3) is 0 Å². The van der Waals surface area contributed by atoms with Gasteiger partial charge in [-0.3, -0.25) is 4.79 Å². The lowest BCUT2D eigenvalue weighted by molar-refractivity contribution is -0.122. The van der Waals surface area contributed by atoms with E-state index in [9.17, 15) is 9.18 Å². The molecule has 0 spiro atoms. The lowest BCUT2D eigenvalue weighted by Crippen LogP contribution is -2.40. The Morgan fingerprint density at radius 3 is 2.80 bits per heavy atom. The van der Waals surface area contributed by atoms with E-state index in [-0.39, 0.29) is 12.5 Å². The number of amides is 1. The highest BCUT2D eigenvalue weighted by Gasteiger charge is 2.08. The van der Waals surface area contributed by atoms with E-state index in [0.29, 0.717) is 6.42 Å². The van der Waals surface area contributed by atoms with E-state index >= 15 is 0 Å². The van der Waals surface area contributed by atoms with E-state index in [2.05, 4.69) is 5.32 Å². The summed E-state index contributed by atoms with van der Waals surface area (Å²) < 4.78 is 11.5. The highest BCUT2D eigenvalue weighted by Crippen LogP contribution is 1.84. The van der Waals surface area contributed by atoms with Gasteiger partial charge in [-0.2, -0.15) is 0 Å². The van der Waals surface area contributed by atoms with Crippen LogP contribution in [0.1, 0.15) is 13.3 Å². The largest absolute Gasteiger partial charge is 0.352 e. The molecule has 0 bridgehead atoms. The van der Waals surface area contributed by atoms with E-state index in [1.54, 1.807) is 6.92 Å². The molecule has 0 saturated carbocycles. The first-order chi connectivity index (χ1) is 4.72. The van der Waals surface area contributed by atoms with Gasteiger partial charge in [0.1, 0.15) is 6.67 Å². The van der Waals surface area contributed by atoms with Gasteiger partial charge in [0.2, 0.25) is 5.91 Å². The van der Waals surface area contributed by atoms with Crippen LogP contribution < -0.4 is 11.1 Å². The maximum absolute atomic E-state index is 11.5. The van der Waals surface area contributed by atoms with Crippen LogP contribution in [0.4, 0.5) is 4.39 Å². The molecule has 3 nitrogen and oxygen atoms in total. The Morgan fingerprint density at radius 1 is 1.80 bits per heavy atom. The molecular weight excluding hydrogens is 135 g/mol. The second-order valence-corrected chi connectivity index (χ2v) is 1.99. The second-order valence-electron chi connectivity index (χ2n) is 1.99. The van der Waals surface area contributed by atoms with Crippen molar-refractivity contribution in [2.24, 2.45) is 5.73 Å². The summed E-state index contributed by atoms with van der Waals surface area (Å²) in [7, 11) is 0. The minimum Gasteiger partial charge on any atom is -0.352 e. The molecule has 0 aliphatic heterocycles. The first kappa shape index (κ1) is 9.36. The molecular formula is C6H13FN2O. The Morgan fingerprint density at radius 2 is 2.40 bits per heavy atom. The van der Waals surface area contributed by atoms with Crippen molar-refractivity contribution in [1.29, 1.82) is 0 Å². The Hall–Kier alpha value is -0.640. The van der Waals surface area contributed by atoms with Crippen LogP contribution >= 0.6 is 0 Å². The van der Waals surface area contributed by atoms with Crippen LogP contribution in [0.5, 0.6) is 0 Å². The molecule has 1 amide bonds.